The van der Waals surface area contributed by atoms with Gasteiger partial charge in [0, 0.05) is 6.07 Å². The maximum absolute atomic E-state index is 13.4. The molecule has 11 nitrogen and oxygen atoms in total. The highest BCUT2D eigenvalue weighted by molar-refractivity contribution is 7.92. The molecule has 0 spiro atoms. The fourth-order valence-electron chi connectivity index (χ4n) is 3.53. The van der Waals surface area contributed by atoms with Crippen LogP contribution in [0.2, 0.25) is 0 Å². The highest BCUT2D eigenvalue weighted by Gasteiger charge is 2.25. The topological polar surface area (TPSA) is 149 Å². The molecule has 3 N–H and O–H groups in total. The van der Waals surface area contributed by atoms with E-state index in [1.54, 1.807) is 31.2 Å². The van der Waals surface area contributed by atoms with Crippen LogP contribution < -0.4 is 24.8 Å². The van der Waals surface area contributed by atoms with Gasteiger partial charge in [0.05, 0.1) is 66.8 Å². The van der Waals surface area contributed by atoms with Crippen LogP contribution in [0.4, 0.5) is 17.1 Å². The van der Waals surface area contributed by atoms with Crippen molar-refractivity contribution in [3.05, 3.63) is 65.1 Å². The molecule has 0 aliphatic carbocycles. The molecule has 38 heavy (non-hydrogen) atoms. The second-order valence-electron chi connectivity index (χ2n) is 9.58. The summed E-state index contributed by atoms with van der Waals surface area (Å²) in [5.41, 5.74) is 1.98. The third-order valence-corrected chi connectivity index (χ3v) is 6.08. The molecular formula is C26H31N5O6S. The molecule has 0 saturated heterocycles. The largest absolute Gasteiger partial charge is 0.494 e. The second-order valence-corrected chi connectivity index (χ2v) is 11.3. The van der Waals surface area contributed by atoms with E-state index >= 15 is 0 Å². The van der Waals surface area contributed by atoms with E-state index in [2.05, 4.69) is 25.3 Å². The van der Waals surface area contributed by atoms with Crippen molar-refractivity contribution in [2.24, 2.45) is 0 Å². The number of carbonyl (C=O) groups is 2. The van der Waals surface area contributed by atoms with Crippen LogP contribution in [0.25, 0.3) is 0 Å². The van der Waals surface area contributed by atoms with Gasteiger partial charge in [0.1, 0.15) is 0 Å². The summed E-state index contributed by atoms with van der Waals surface area (Å²) in [6.07, 6.45) is 3.90. The maximum atomic E-state index is 13.4. The molecule has 2 amide bonds. The number of aromatic nitrogens is 2. The summed E-state index contributed by atoms with van der Waals surface area (Å²) in [5, 5.41) is 5.47. The van der Waals surface area contributed by atoms with Crippen molar-refractivity contribution in [2.45, 2.75) is 33.1 Å². The zero-order valence-electron chi connectivity index (χ0n) is 22.3. The number of carbonyl (C=O) groups excluding carboxylic acids is 2. The van der Waals surface area contributed by atoms with Gasteiger partial charge in [-0.2, -0.15) is 0 Å². The Bertz CT molecular complexity index is 1460. The lowest BCUT2D eigenvalue weighted by atomic mass is 9.85. The van der Waals surface area contributed by atoms with Crippen LogP contribution in [0.3, 0.4) is 0 Å². The molecule has 0 saturated carbocycles. The quantitative estimate of drug-likeness (QED) is 0.388. The zero-order valence-corrected chi connectivity index (χ0v) is 23.1. The highest BCUT2D eigenvalue weighted by atomic mass is 32.2. The van der Waals surface area contributed by atoms with Crippen LogP contribution in [0.5, 0.6) is 11.6 Å². The molecular weight excluding hydrogens is 510 g/mol. The van der Waals surface area contributed by atoms with E-state index in [-0.39, 0.29) is 28.3 Å². The van der Waals surface area contributed by atoms with Crippen LogP contribution in [-0.2, 0) is 15.4 Å². The standard InChI is InChI=1S/C26H31N5O6S/c1-15-19(24(32)29-17-8-9-22(36-5)28-13-17)12-18(14-27-15)30-25(33)20-10-16(26(2,3)4)11-21(23(20)37-6)31-38(7,34)35/h8-14,31H,1-7H3,(H,29,32)(H,30,33). The summed E-state index contributed by atoms with van der Waals surface area (Å²) in [5.74, 6) is -0.539. The van der Waals surface area contributed by atoms with Gasteiger partial charge in [-0.3, -0.25) is 19.3 Å². The smallest absolute Gasteiger partial charge is 0.259 e. The Kier molecular flexibility index (Phi) is 8.25. The van der Waals surface area contributed by atoms with Crippen molar-refractivity contribution < 1.29 is 27.5 Å². The number of nitrogens with one attached hydrogen (secondary N) is 3. The van der Waals surface area contributed by atoms with Gasteiger partial charge >= 0.3 is 0 Å². The summed E-state index contributed by atoms with van der Waals surface area (Å²) in [6.45, 7) is 7.49. The van der Waals surface area contributed by atoms with E-state index in [1.807, 2.05) is 20.8 Å². The zero-order chi connectivity index (χ0) is 28.3. The van der Waals surface area contributed by atoms with Crippen molar-refractivity contribution in [2.75, 3.05) is 35.8 Å². The van der Waals surface area contributed by atoms with Crippen LogP contribution in [0.15, 0.2) is 42.7 Å². The van der Waals surface area contributed by atoms with Crippen molar-refractivity contribution in [3.8, 4) is 11.6 Å². The lowest BCUT2D eigenvalue weighted by Gasteiger charge is -2.23. The first kappa shape index (κ1) is 28.4. The number of hydrogen-bond donors (Lipinski definition) is 3. The monoisotopic (exact) mass is 541 g/mol. The molecule has 0 aliphatic heterocycles. The Balaban J connectivity index is 1.94. The predicted molar refractivity (Wildman–Crippen MR) is 146 cm³/mol. The van der Waals surface area contributed by atoms with E-state index in [0.717, 1.165) is 6.26 Å². The van der Waals surface area contributed by atoms with Gasteiger partial charge in [0.25, 0.3) is 11.8 Å². The van der Waals surface area contributed by atoms with E-state index in [0.29, 0.717) is 22.8 Å². The van der Waals surface area contributed by atoms with Crippen LogP contribution in [0.1, 0.15) is 52.7 Å². The van der Waals surface area contributed by atoms with Crippen molar-refractivity contribution in [1.82, 2.24) is 9.97 Å². The average molecular weight is 542 g/mol. The lowest BCUT2D eigenvalue weighted by molar-refractivity contribution is 0.101. The number of rotatable bonds is 8. The van der Waals surface area contributed by atoms with Gasteiger partial charge in [-0.05, 0) is 42.2 Å². The first-order chi connectivity index (χ1) is 17.7. The molecule has 1 aromatic carbocycles. The molecule has 2 heterocycles. The highest BCUT2D eigenvalue weighted by Crippen LogP contribution is 2.36. The molecule has 0 fully saturated rings. The SMILES string of the molecule is COc1ccc(NC(=O)c2cc(NC(=O)c3cc(C(C)(C)C)cc(NS(C)(=O)=O)c3OC)cnc2C)cn1. The number of benzene rings is 1. The molecule has 0 bridgehead atoms. The lowest BCUT2D eigenvalue weighted by Crippen LogP contribution is -2.20. The van der Waals surface area contributed by atoms with Crippen LogP contribution in [-0.4, -0.2) is 50.7 Å². The van der Waals surface area contributed by atoms with E-state index < -0.39 is 27.3 Å². The van der Waals surface area contributed by atoms with E-state index in [1.165, 1.54) is 32.7 Å². The first-order valence-electron chi connectivity index (χ1n) is 11.5. The van der Waals surface area contributed by atoms with Gasteiger partial charge < -0.3 is 20.1 Å². The molecule has 202 valence electrons. The van der Waals surface area contributed by atoms with Crippen LogP contribution in [0, 0.1) is 6.92 Å². The maximum Gasteiger partial charge on any atom is 0.259 e. The van der Waals surface area contributed by atoms with Crippen molar-refractivity contribution >= 4 is 38.9 Å². The van der Waals surface area contributed by atoms with Crippen molar-refractivity contribution in [1.29, 1.82) is 0 Å². The molecule has 12 heteroatoms. The number of nitrogens with zero attached hydrogens (tertiary/aromatic N) is 2. The Morgan fingerprint density at radius 1 is 0.868 bits per heavy atom. The minimum Gasteiger partial charge on any atom is -0.494 e. The van der Waals surface area contributed by atoms with Crippen molar-refractivity contribution in [3.63, 3.8) is 0 Å². The summed E-state index contributed by atoms with van der Waals surface area (Å²) in [4.78, 5) is 34.6. The Labute approximate surface area is 222 Å². The third-order valence-electron chi connectivity index (χ3n) is 5.49. The molecule has 0 atom stereocenters. The predicted octanol–water partition coefficient (Wildman–Crippen LogP) is 3.98. The summed E-state index contributed by atoms with van der Waals surface area (Å²) in [7, 11) is -0.810. The minimum absolute atomic E-state index is 0.0611. The van der Waals surface area contributed by atoms with Gasteiger partial charge in [-0.15, -0.1) is 0 Å². The fourth-order valence-corrected chi connectivity index (χ4v) is 4.08. The number of anilines is 3. The van der Waals surface area contributed by atoms with Gasteiger partial charge in [0.15, 0.2) is 5.75 Å². The van der Waals surface area contributed by atoms with E-state index in [4.69, 9.17) is 9.47 Å². The third kappa shape index (κ3) is 6.97. The summed E-state index contributed by atoms with van der Waals surface area (Å²) < 4.78 is 36.8. The Morgan fingerprint density at radius 3 is 2.05 bits per heavy atom. The Morgan fingerprint density at radius 2 is 1.50 bits per heavy atom. The number of ether oxygens (including phenoxy) is 2. The number of hydrogen-bond acceptors (Lipinski definition) is 8. The second kappa shape index (κ2) is 11.1. The molecule has 3 rings (SSSR count). The van der Waals surface area contributed by atoms with E-state index in [9.17, 15) is 18.0 Å². The number of sulfonamides is 1. The summed E-state index contributed by atoms with van der Waals surface area (Å²) >= 11 is 0. The molecule has 2 aromatic heterocycles. The molecule has 0 aliphatic rings. The fraction of sp³-hybridized carbons (Fsp3) is 0.308. The Hall–Kier alpha value is -4.19. The van der Waals surface area contributed by atoms with Gasteiger partial charge in [0.2, 0.25) is 15.9 Å². The molecule has 3 aromatic rings. The average Bonchev–Trinajstić information content (AvgIpc) is 2.83. The number of methoxy groups -OCH3 is 2. The van der Waals surface area contributed by atoms with Gasteiger partial charge in [-0.1, -0.05) is 20.8 Å². The first-order valence-corrected chi connectivity index (χ1v) is 13.4. The normalized spacial score (nSPS) is 11.4. The van der Waals surface area contributed by atoms with Gasteiger partial charge in [-0.25, -0.2) is 13.4 Å². The summed E-state index contributed by atoms with van der Waals surface area (Å²) in [6, 6.07) is 8.05. The number of amides is 2. The number of pyridine rings is 2. The molecule has 0 radical (unpaired) electrons. The minimum atomic E-state index is -3.65. The molecule has 0 unspecified atom stereocenters. The number of aryl methyl sites for hydroxylation is 1. The van der Waals surface area contributed by atoms with Crippen LogP contribution >= 0.6 is 0 Å².